The molecule has 0 aliphatic rings. The average molecular weight is 424 g/mol. The van der Waals surface area contributed by atoms with Crippen LogP contribution in [0.3, 0.4) is 0 Å². The summed E-state index contributed by atoms with van der Waals surface area (Å²) in [7, 11) is 0. The molecule has 5 nitrogen and oxygen atoms in total. The van der Waals surface area contributed by atoms with Crippen LogP contribution in [0.4, 0.5) is 16.2 Å². The summed E-state index contributed by atoms with van der Waals surface area (Å²) in [4.78, 5) is 16.8. The Balaban J connectivity index is 1.37. The minimum absolute atomic E-state index is 0.335. The van der Waals surface area contributed by atoms with Gasteiger partial charge in [-0.25, -0.2) is 9.78 Å². The van der Waals surface area contributed by atoms with E-state index in [2.05, 4.69) is 21.7 Å². The van der Waals surface area contributed by atoms with E-state index in [9.17, 15) is 4.79 Å². The minimum atomic E-state index is -0.335. The lowest BCUT2D eigenvalue weighted by Crippen LogP contribution is -2.19. The van der Waals surface area contributed by atoms with Crippen molar-refractivity contribution < 1.29 is 9.53 Å². The number of carbonyl (C=O) groups excluding carboxylic acids is 1. The second kappa shape index (κ2) is 8.51. The normalized spacial score (nSPS) is 10.7. The summed E-state index contributed by atoms with van der Waals surface area (Å²) < 4.78 is 7.02. The highest BCUT2D eigenvalue weighted by Gasteiger charge is 2.08. The summed E-state index contributed by atoms with van der Waals surface area (Å²) in [5, 5.41) is 7.08. The number of aryl methyl sites for hydroxylation is 1. The number of benzene rings is 3. The molecule has 4 aromatic rings. The molecule has 0 spiro atoms. The first-order valence-electron chi connectivity index (χ1n) is 8.98. The first-order chi connectivity index (χ1) is 14.1. The number of fused-ring (bicyclic) bond motifs is 1. The second-order valence-electron chi connectivity index (χ2n) is 6.43. The highest BCUT2D eigenvalue weighted by Crippen LogP contribution is 2.25. The number of ether oxygens (including phenoxy) is 1. The smallest absolute Gasteiger partial charge is 0.323 e. The zero-order chi connectivity index (χ0) is 20.2. The Labute approximate surface area is 177 Å². The first-order valence-corrected chi connectivity index (χ1v) is 10.2. The van der Waals surface area contributed by atoms with Gasteiger partial charge in [0.25, 0.3) is 0 Å². The van der Waals surface area contributed by atoms with E-state index >= 15 is 0 Å². The van der Waals surface area contributed by atoms with Crippen LogP contribution in [0.1, 0.15) is 10.6 Å². The Hall–Kier alpha value is -3.09. The molecule has 2 amide bonds. The second-order valence-corrected chi connectivity index (χ2v) is 7.98. The van der Waals surface area contributed by atoms with E-state index in [1.807, 2.05) is 43.3 Å². The predicted octanol–water partition coefficient (Wildman–Crippen LogP) is 6.48. The highest BCUT2D eigenvalue weighted by molar-refractivity contribution is 7.18. The van der Waals surface area contributed by atoms with Gasteiger partial charge in [0.15, 0.2) is 0 Å². The summed E-state index contributed by atoms with van der Waals surface area (Å²) in [5.74, 6) is 0.725. The van der Waals surface area contributed by atoms with E-state index in [0.717, 1.165) is 26.5 Å². The molecule has 0 aliphatic carbocycles. The van der Waals surface area contributed by atoms with Gasteiger partial charge in [0.05, 0.1) is 10.2 Å². The van der Waals surface area contributed by atoms with Gasteiger partial charge in [0.2, 0.25) is 0 Å². The molecule has 0 bridgehead atoms. The van der Waals surface area contributed by atoms with E-state index in [0.29, 0.717) is 23.0 Å². The van der Waals surface area contributed by atoms with Crippen molar-refractivity contribution in [2.24, 2.45) is 0 Å². The molecule has 146 valence electrons. The number of nitrogens with zero attached hydrogens (tertiary/aromatic N) is 1. The van der Waals surface area contributed by atoms with Crippen LogP contribution in [0.15, 0.2) is 66.7 Å². The van der Waals surface area contributed by atoms with E-state index in [1.165, 1.54) is 0 Å². The van der Waals surface area contributed by atoms with Gasteiger partial charge >= 0.3 is 6.03 Å². The number of aromatic nitrogens is 1. The maximum absolute atomic E-state index is 12.2. The van der Waals surface area contributed by atoms with Crippen LogP contribution < -0.4 is 15.4 Å². The van der Waals surface area contributed by atoms with Gasteiger partial charge in [0.1, 0.15) is 17.4 Å². The Morgan fingerprint density at radius 2 is 1.93 bits per heavy atom. The van der Waals surface area contributed by atoms with Crippen molar-refractivity contribution in [1.29, 1.82) is 0 Å². The number of para-hydroxylation sites is 1. The number of hydrogen-bond acceptors (Lipinski definition) is 4. The SMILES string of the molecule is Cc1cc(OCc2nc3ccccc3s2)ccc1NC(=O)Nc1cccc(Cl)c1. The van der Waals surface area contributed by atoms with Gasteiger partial charge in [-0.1, -0.05) is 29.8 Å². The van der Waals surface area contributed by atoms with Crippen molar-refractivity contribution in [3.63, 3.8) is 0 Å². The van der Waals surface area contributed by atoms with Crippen molar-refractivity contribution in [1.82, 2.24) is 4.98 Å². The molecule has 2 N–H and O–H groups in total. The zero-order valence-corrected chi connectivity index (χ0v) is 17.2. The van der Waals surface area contributed by atoms with E-state index in [-0.39, 0.29) is 6.03 Å². The molecular weight excluding hydrogens is 406 g/mol. The average Bonchev–Trinajstić information content (AvgIpc) is 3.11. The molecule has 29 heavy (non-hydrogen) atoms. The van der Waals surface area contributed by atoms with Gasteiger partial charge in [-0.2, -0.15) is 0 Å². The number of urea groups is 1. The Morgan fingerprint density at radius 3 is 2.72 bits per heavy atom. The molecule has 0 fully saturated rings. The summed E-state index contributed by atoms with van der Waals surface area (Å²) >= 11 is 7.56. The quantitative estimate of drug-likeness (QED) is 0.386. The lowest BCUT2D eigenvalue weighted by Gasteiger charge is -2.12. The fourth-order valence-corrected chi connectivity index (χ4v) is 3.91. The molecule has 0 radical (unpaired) electrons. The van der Waals surface area contributed by atoms with Gasteiger partial charge in [-0.15, -0.1) is 11.3 Å². The third-order valence-electron chi connectivity index (χ3n) is 4.23. The number of carbonyl (C=O) groups is 1. The third-order valence-corrected chi connectivity index (χ3v) is 5.47. The van der Waals surface area contributed by atoms with Gasteiger partial charge < -0.3 is 15.4 Å². The Morgan fingerprint density at radius 1 is 1.07 bits per heavy atom. The number of amides is 2. The van der Waals surface area contributed by atoms with Crippen molar-refractivity contribution in [2.75, 3.05) is 10.6 Å². The molecule has 3 aromatic carbocycles. The van der Waals surface area contributed by atoms with Gasteiger partial charge in [0, 0.05) is 16.4 Å². The zero-order valence-electron chi connectivity index (χ0n) is 15.6. The molecule has 0 saturated heterocycles. The Bertz CT molecular complexity index is 1140. The van der Waals surface area contributed by atoms with Crippen LogP contribution in [-0.2, 0) is 6.61 Å². The van der Waals surface area contributed by atoms with Gasteiger partial charge in [-0.05, 0) is 61.0 Å². The van der Waals surface area contributed by atoms with Crippen molar-refractivity contribution in [2.45, 2.75) is 13.5 Å². The van der Waals surface area contributed by atoms with Crippen LogP contribution in [0.5, 0.6) is 5.75 Å². The number of halogens is 1. The third kappa shape index (κ3) is 4.85. The number of rotatable bonds is 5. The van der Waals surface area contributed by atoms with Crippen LogP contribution in [0.2, 0.25) is 5.02 Å². The minimum Gasteiger partial charge on any atom is -0.486 e. The lowest BCUT2D eigenvalue weighted by atomic mass is 10.2. The van der Waals surface area contributed by atoms with Crippen molar-refractivity contribution in [3.8, 4) is 5.75 Å². The monoisotopic (exact) mass is 423 g/mol. The molecule has 1 heterocycles. The first kappa shape index (κ1) is 19.2. The summed E-state index contributed by atoms with van der Waals surface area (Å²) in [6.45, 7) is 2.32. The molecule has 0 unspecified atom stereocenters. The summed E-state index contributed by atoms with van der Waals surface area (Å²) in [6, 6.07) is 20.2. The number of nitrogens with one attached hydrogen (secondary N) is 2. The van der Waals surface area contributed by atoms with E-state index in [1.54, 1.807) is 35.6 Å². The topological polar surface area (TPSA) is 63.2 Å². The number of hydrogen-bond donors (Lipinski definition) is 2. The fourth-order valence-electron chi connectivity index (χ4n) is 2.84. The van der Waals surface area contributed by atoms with Crippen molar-refractivity contribution in [3.05, 3.63) is 82.3 Å². The number of thiazole rings is 1. The maximum Gasteiger partial charge on any atom is 0.323 e. The van der Waals surface area contributed by atoms with Gasteiger partial charge in [-0.3, -0.25) is 0 Å². The van der Waals surface area contributed by atoms with E-state index < -0.39 is 0 Å². The molecule has 7 heteroatoms. The van der Waals surface area contributed by atoms with Crippen LogP contribution >= 0.6 is 22.9 Å². The largest absolute Gasteiger partial charge is 0.486 e. The molecule has 0 aliphatic heterocycles. The highest BCUT2D eigenvalue weighted by atomic mass is 35.5. The summed E-state index contributed by atoms with van der Waals surface area (Å²) in [5.41, 5.74) is 3.21. The van der Waals surface area contributed by atoms with Crippen molar-refractivity contribution >= 4 is 50.6 Å². The molecular formula is C22H18ClN3O2S. The standard InChI is InChI=1S/C22H18ClN3O2S/c1-14-11-17(28-13-21-25-19-7-2-3-8-20(19)29-21)9-10-18(14)26-22(27)24-16-6-4-5-15(23)12-16/h2-12H,13H2,1H3,(H2,24,26,27). The predicted molar refractivity (Wildman–Crippen MR) is 119 cm³/mol. The molecule has 1 aromatic heterocycles. The molecule has 0 saturated carbocycles. The maximum atomic E-state index is 12.2. The number of anilines is 2. The van der Waals surface area contributed by atoms with Crippen LogP contribution in [0, 0.1) is 6.92 Å². The lowest BCUT2D eigenvalue weighted by molar-refractivity contribution is 0.262. The molecule has 0 atom stereocenters. The Kier molecular flexibility index (Phi) is 5.64. The van der Waals surface area contributed by atoms with Crippen LogP contribution in [-0.4, -0.2) is 11.0 Å². The van der Waals surface area contributed by atoms with Crippen LogP contribution in [0.25, 0.3) is 10.2 Å². The summed E-state index contributed by atoms with van der Waals surface area (Å²) in [6.07, 6.45) is 0. The fraction of sp³-hybridized carbons (Fsp3) is 0.0909. The molecule has 4 rings (SSSR count). The van der Waals surface area contributed by atoms with E-state index in [4.69, 9.17) is 16.3 Å².